The Morgan fingerprint density at radius 2 is 1.80 bits per heavy atom. The second-order valence-corrected chi connectivity index (χ2v) is 10.4. The van der Waals surface area contributed by atoms with Crippen LogP contribution in [0.2, 0.25) is 25.7 Å². The van der Waals surface area contributed by atoms with E-state index in [1.165, 1.54) is 18.9 Å². The van der Waals surface area contributed by atoms with Crippen LogP contribution in [-0.4, -0.2) is 14.1 Å². The minimum atomic E-state index is -0.775. The Morgan fingerprint density at radius 1 is 1.30 bits per heavy atom. The Kier molecular flexibility index (Phi) is 2.20. The lowest BCUT2D eigenvalue weighted by molar-refractivity contribution is 0.287. The first-order valence-electron chi connectivity index (χ1n) is 4.23. The van der Waals surface area contributed by atoms with Crippen molar-refractivity contribution in [1.82, 2.24) is 0 Å². The van der Waals surface area contributed by atoms with Gasteiger partial charge in [-0.1, -0.05) is 25.7 Å². The highest BCUT2D eigenvalue weighted by atomic mass is 28.3. The number of nitrogens with two attached hydrogens (primary N) is 1. The van der Waals surface area contributed by atoms with Gasteiger partial charge in [-0.2, -0.15) is 0 Å². The Hall–Kier alpha value is 0.177. The molecule has 1 aliphatic rings. The zero-order valence-corrected chi connectivity index (χ0v) is 8.35. The minimum Gasteiger partial charge on any atom is -0.328 e. The normalized spacial score (nSPS) is 33.6. The van der Waals surface area contributed by atoms with Gasteiger partial charge < -0.3 is 5.73 Å². The molecule has 0 heterocycles. The van der Waals surface area contributed by atoms with E-state index in [0.717, 1.165) is 5.92 Å². The molecule has 0 aliphatic heterocycles. The monoisotopic (exact) mass is 157 g/mol. The Bertz CT molecular complexity index is 111. The summed E-state index contributed by atoms with van der Waals surface area (Å²) in [6, 6.07) is 2.03. The van der Waals surface area contributed by atoms with E-state index in [2.05, 4.69) is 19.6 Å². The van der Waals surface area contributed by atoms with Crippen LogP contribution in [-0.2, 0) is 0 Å². The maximum Gasteiger partial charge on any atom is 0.0445 e. The molecular formula is C8H19NSi. The topological polar surface area (TPSA) is 26.0 Å². The highest BCUT2D eigenvalue weighted by molar-refractivity contribution is 6.76. The highest BCUT2D eigenvalue weighted by Gasteiger charge is 2.29. The van der Waals surface area contributed by atoms with Gasteiger partial charge in [-0.05, 0) is 18.8 Å². The second kappa shape index (κ2) is 2.66. The fourth-order valence-corrected chi connectivity index (χ4v) is 3.89. The molecular weight excluding hydrogens is 138 g/mol. The fraction of sp³-hybridized carbons (Fsp3) is 1.00. The predicted octanol–water partition coefficient (Wildman–Crippen LogP) is 2.06. The van der Waals surface area contributed by atoms with Crippen molar-refractivity contribution in [3.8, 4) is 0 Å². The molecule has 1 rings (SSSR count). The van der Waals surface area contributed by atoms with Crippen molar-refractivity contribution in [2.45, 2.75) is 44.6 Å². The van der Waals surface area contributed by atoms with Crippen LogP contribution in [0.5, 0.6) is 0 Å². The first kappa shape index (κ1) is 8.28. The molecule has 0 atom stereocenters. The maximum absolute atomic E-state index is 5.70. The molecule has 0 unspecified atom stereocenters. The summed E-state index contributed by atoms with van der Waals surface area (Å²) in [5, 5.41) is 0. The molecule has 0 aromatic carbocycles. The van der Waals surface area contributed by atoms with Gasteiger partial charge in [0.15, 0.2) is 0 Å². The Labute approximate surface area is 65.0 Å². The molecule has 1 saturated carbocycles. The summed E-state index contributed by atoms with van der Waals surface area (Å²) in [5.41, 5.74) is 5.70. The molecule has 0 bridgehead atoms. The van der Waals surface area contributed by atoms with Crippen LogP contribution < -0.4 is 5.73 Å². The standard InChI is InChI=1S/C8H19NSi/c1-10(2,3)6-7-4-8(9)5-7/h7-8H,4-6,9H2,1-3H3. The smallest absolute Gasteiger partial charge is 0.0445 e. The lowest BCUT2D eigenvalue weighted by Gasteiger charge is -2.36. The van der Waals surface area contributed by atoms with Crippen molar-refractivity contribution in [3.63, 3.8) is 0 Å². The van der Waals surface area contributed by atoms with Gasteiger partial charge in [-0.3, -0.25) is 0 Å². The van der Waals surface area contributed by atoms with E-state index < -0.39 is 8.07 Å². The van der Waals surface area contributed by atoms with Gasteiger partial charge in [-0.25, -0.2) is 0 Å². The summed E-state index contributed by atoms with van der Waals surface area (Å²) in [5.74, 6) is 0.988. The van der Waals surface area contributed by atoms with Crippen molar-refractivity contribution in [2.75, 3.05) is 0 Å². The highest BCUT2D eigenvalue weighted by Crippen LogP contribution is 2.33. The second-order valence-electron chi connectivity index (χ2n) is 4.86. The lowest BCUT2D eigenvalue weighted by Crippen LogP contribution is -2.39. The minimum absolute atomic E-state index is 0.543. The van der Waals surface area contributed by atoms with Gasteiger partial charge in [0.1, 0.15) is 0 Å². The summed E-state index contributed by atoms with van der Waals surface area (Å²) >= 11 is 0. The largest absolute Gasteiger partial charge is 0.328 e. The Balaban J connectivity index is 2.16. The van der Waals surface area contributed by atoms with Crippen LogP contribution in [0.3, 0.4) is 0 Å². The van der Waals surface area contributed by atoms with Crippen molar-refractivity contribution in [3.05, 3.63) is 0 Å². The van der Waals surface area contributed by atoms with Crippen LogP contribution in [0.15, 0.2) is 0 Å². The summed E-state index contributed by atoms with van der Waals surface area (Å²) in [7, 11) is -0.775. The van der Waals surface area contributed by atoms with Crippen LogP contribution in [0.1, 0.15) is 12.8 Å². The molecule has 2 heteroatoms. The third-order valence-electron chi connectivity index (χ3n) is 2.17. The number of hydrogen-bond donors (Lipinski definition) is 1. The average molecular weight is 157 g/mol. The molecule has 0 aromatic heterocycles. The molecule has 60 valence electrons. The average Bonchev–Trinajstić information content (AvgIpc) is 1.57. The van der Waals surface area contributed by atoms with E-state index in [-0.39, 0.29) is 0 Å². The van der Waals surface area contributed by atoms with Crippen molar-refractivity contribution in [1.29, 1.82) is 0 Å². The third kappa shape index (κ3) is 2.43. The molecule has 0 saturated heterocycles. The zero-order chi connectivity index (χ0) is 7.78. The molecule has 10 heavy (non-hydrogen) atoms. The van der Waals surface area contributed by atoms with E-state index in [1.807, 2.05) is 0 Å². The van der Waals surface area contributed by atoms with Crippen molar-refractivity contribution >= 4 is 8.07 Å². The molecule has 1 nitrogen and oxygen atoms in total. The van der Waals surface area contributed by atoms with Crippen molar-refractivity contribution in [2.24, 2.45) is 11.7 Å². The van der Waals surface area contributed by atoms with Gasteiger partial charge >= 0.3 is 0 Å². The molecule has 1 aliphatic carbocycles. The van der Waals surface area contributed by atoms with Gasteiger partial charge in [0.05, 0.1) is 0 Å². The lowest BCUT2D eigenvalue weighted by atomic mass is 9.82. The van der Waals surface area contributed by atoms with E-state index in [0.29, 0.717) is 6.04 Å². The quantitative estimate of drug-likeness (QED) is 0.610. The third-order valence-corrected chi connectivity index (χ3v) is 3.98. The first-order valence-corrected chi connectivity index (χ1v) is 7.94. The van der Waals surface area contributed by atoms with E-state index in [1.54, 1.807) is 0 Å². The maximum atomic E-state index is 5.70. The van der Waals surface area contributed by atoms with Crippen LogP contribution in [0, 0.1) is 5.92 Å². The molecule has 2 N–H and O–H groups in total. The number of hydrogen-bond acceptors (Lipinski definition) is 1. The first-order chi connectivity index (χ1) is 4.47. The van der Waals surface area contributed by atoms with E-state index >= 15 is 0 Å². The van der Waals surface area contributed by atoms with Gasteiger partial charge in [0.2, 0.25) is 0 Å². The summed E-state index contributed by atoms with van der Waals surface area (Å²) in [6.07, 6.45) is 2.59. The fourth-order valence-electron chi connectivity index (χ4n) is 1.82. The van der Waals surface area contributed by atoms with E-state index in [4.69, 9.17) is 5.73 Å². The van der Waals surface area contributed by atoms with Gasteiger partial charge in [0.25, 0.3) is 0 Å². The summed E-state index contributed by atoms with van der Waals surface area (Å²) in [4.78, 5) is 0. The molecule has 0 radical (unpaired) electrons. The molecule has 0 amide bonds. The zero-order valence-electron chi connectivity index (χ0n) is 7.35. The molecule has 0 aromatic rings. The van der Waals surface area contributed by atoms with Crippen molar-refractivity contribution < 1.29 is 0 Å². The predicted molar refractivity (Wildman–Crippen MR) is 48.9 cm³/mol. The van der Waals surface area contributed by atoms with Crippen LogP contribution in [0.25, 0.3) is 0 Å². The SMILES string of the molecule is C[Si](C)(C)CC1CC(N)C1. The van der Waals surface area contributed by atoms with Crippen LogP contribution >= 0.6 is 0 Å². The number of rotatable bonds is 2. The Morgan fingerprint density at radius 3 is 2.10 bits per heavy atom. The molecule has 1 fully saturated rings. The van der Waals surface area contributed by atoms with Crippen LogP contribution in [0.4, 0.5) is 0 Å². The van der Waals surface area contributed by atoms with Gasteiger partial charge in [-0.15, -0.1) is 0 Å². The van der Waals surface area contributed by atoms with E-state index in [9.17, 15) is 0 Å². The van der Waals surface area contributed by atoms with Gasteiger partial charge in [0, 0.05) is 14.1 Å². The summed E-state index contributed by atoms with van der Waals surface area (Å²) in [6.45, 7) is 7.32. The molecule has 0 spiro atoms. The summed E-state index contributed by atoms with van der Waals surface area (Å²) < 4.78 is 0.